The standard InChI is InChI=1S/C9H10N4O4S2/c1-13-7(2-3-10-13)19(16,17)12-9-11-6(5-18-9)4-8(14)15/h2-3,5H,4H2,1H3,(H,11,12)(H,14,15). The molecule has 8 nitrogen and oxygen atoms in total. The molecule has 2 N–H and O–H groups in total. The number of aromatic nitrogens is 3. The van der Waals surface area contributed by atoms with Crippen molar-refractivity contribution in [1.29, 1.82) is 0 Å². The van der Waals surface area contributed by atoms with E-state index in [1.807, 2.05) is 0 Å². The first kappa shape index (κ1) is 13.5. The van der Waals surface area contributed by atoms with Crippen LogP contribution in [0.5, 0.6) is 0 Å². The van der Waals surface area contributed by atoms with E-state index in [4.69, 9.17) is 5.11 Å². The van der Waals surface area contributed by atoms with Crippen molar-refractivity contribution in [3.8, 4) is 0 Å². The Bertz CT molecular complexity index is 703. The minimum absolute atomic E-state index is 0.00230. The van der Waals surface area contributed by atoms with Gasteiger partial charge in [0.2, 0.25) is 0 Å². The van der Waals surface area contributed by atoms with E-state index in [1.54, 1.807) is 0 Å². The van der Waals surface area contributed by atoms with Crippen LogP contribution in [-0.4, -0.2) is 34.3 Å². The molecule has 0 bridgehead atoms. The first-order valence-electron chi connectivity index (χ1n) is 5.05. The molecule has 102 valence electrons. The van der Waals surface area contributed by atoms with E-state index < -0.39 is 16.0 Å². The van der Waals surface area contributed by atoms with Crippen LogP contribution in [0.2, 0.25) is 0 Å². The van der Waals surface area contributed by atoms with Crippen molar-refractivity contribution in [3.63, 3.8) is 0 Å². The van der Waals surface area contributed by atoms with Crippen molar-refractivity contribution in [2.75, 3.05) is 4.72 Å². The van der Waals surface area contributed by atoms with Gasteiger partial charge >= 0.3 is 5.97 Å². The summed E-state index contributed by atoms with van der Waals surface area (Å²) in [7, 11) is -2.26. The fourth-order valence-corrected chi connectivity index (χ4v) is 3.47. The van der Waals surface area contributed by atoms with Crippen molar-refractivity contribution >= 4 is 32.5 Å². The lowest BCUT2D eigenvalue weighted by atomic mass is 10.3. The van der Waals surface area contributed by atoms with Gasteiger partial charge in [-0.3, -0.25) is 14.2 Å². The molecule has 2 rings (SSSR count). The average Bonchev–Trinajstić information content (AvgIpc) is 2.86. The quantitative estimate of drug-likeness (QED) is 0.821. The molecule has 2 aromatic rings. The molecule has 0 saturated carbocycles. The summed E-state index contributed by atoms with van der Waals surface area (Å²) in [4.78, 5) is 14.4. The molecular formula is C9H10N4O4S2. The SMILES string of the molecule is Cn1nccc1S(=O)(=O)Nc1nc(CC(=O)O)cs1. The maximum absolute atomic E-state index is 12.0. The van der Waals surface area contributed by atoms with E-state index in [2.05, 4.69) is 14.8 Å². The number of nitrogens with one attached hydrogen (secondary N) is 1. The highest BCUT2D eigenvalue weighted by Gasteiger charge is 2.19. The first-order chi connectivity index (χ1) is 8.88. The number of hydrogen-bond donors (Lipinski definition) is 2. The minimum atomic E-state index is -3.76. The second kappa shape index (κ2) is 4.97. The number of rotatable bonds is 5. The molecule has 19 heavy (non-hydrogen) atoms. The Kier molecular flexibility index (Phi) is 3.53. The summed E-state index contributed by atoms with van der Waals surface area (Å²) in [5.41, 5.74) is 0.306. The van der Waals surface area contributed by atoms with Gasteiger partial charge in [0, 0.05) is 12.4 Å². The molecule has 2 heterocycles. The van der Waals surface area contributed by atoms with E-state index in [1.165, 1.54) is 29.4 Å². The minimum Gasteiger partial charge on any atom is -0.481 e. The molecule has 0 atom stereocenters. The lowest BCUT2D eigenvalue weighted by Crippen LogP contribution is -2.16. The number of hydrogen-bond acceptors (Lipinski definition) is 6. The molecule has 0 saturated heterocycles. The molecule has 0 aliphatic carbocycles. The molecular weight excluding hydrogens is 292 g/mol. The molecule has 0 unspecified atom stereocenters. The van der Waals surface area contributed by atoms with Crippen LogP contribution in [0.3, 0.4) is 0 Å². The summed E-state index contributed by atoms with van der Waals surface area (Å²) >= 11 is 1.03. The third-order valence-corrected chi connectivity index (χ3v) is 4.51. The highest BCUT2D eigenvalue weighted by Crippen LogP contribution is 2.20. The largest absolute Gasteiger partial charge is 0.481 e. The number of carboxylic acid groups (broad SMARTS) is 1. The molecule has 0 fully saturated rings. The summed E-state index contributed by atoms with van der Waals surface area (Å²) < 4.78 is 27.5. The molecule has 0 aliphatic heterocycles. The monoisotopic (exact) mass is 302 g/mol. The van der Waals surface area contributed by atoms with E-state index in [0.717, 1.165) is 11.3 Å². The summed E-state index contributed by atoms with van der Waals surface area (Å²) in [5, 5.41) is 14.0. The third-order valence-electron chi connectivity index (χ3n) is 2.16. The van der Waals surface area contributed by atoms with E-state index >= 15 is 0 Å². The Balaban J connectivity index is 2.19. The fraction of sp³-hybridized carbons (Fsp3) is 0.222. The maximum Gasteiger partial charge on any atom is 0.309 e. The number of nitrogens with zero attached hydrogens (tertiary/aromatic N) is 3. The second-order valence-corrected chi connectivity index (χ2v) is 6.10. The van der Waals surface area contributed by atoms with E-state index in [9.17, 15) is 13.2 Å². The molecule has 0 aliphatic rings. The average molecular weight is 302 g/mol. The number of aryl methyl sites for hydroxylation is 1. The van der Waals surface area contributed by atoms with Gasteiger partial charge in [-0.1, -0.05) is 0 Å². The molecule has 2 aromatic heterocycles. The van der Waals surface area contributed by atoms with Crippen LogP contribution in [-0.2, 0) is 28.3 Å². The number of aliphatic carboxylic acids is 1. The zero-order chi connectivity index (χ0) is 14.0. The topological polar surface area (TPSA) is 114 Å². The summed E-state index contributed by atoms with van der Waals surface area (Å²) in [6.45, 7) is 0. The lowest BCUT2D eigenvalue weighted by Gasteiger charge is -2.04. The van der Waals surface area contributed by atoms with Gasteiger partial charge in [0.15, 0.2) is 10.2 Å². The zero-order valence-electron chi connectivity index (χ0n) is 9.77. The normalized spacial score (nSPS) is 11.4. The van der Waals surface area contributed by atoms with Crippen LogP contribution in [0.1, 0.15) is 5.69 Å². The van der Waals surface area contributed by atoms with Gasteiger partial charge in [-0.15, -0.1) is 11.3 Å². The fourth-order valence-electron chi connectivity index (χ4n) is 1.38. The van der Waals surface area contributed by atoms with Gasteiger partial charge in [0.1, 0.15) is 0 Å². The van der Waals surface area contributed by atoms with Gasteiger partial charge in [-0.2, -0.15) is 13.5 Å². The highest BCUT2D eigenvalue weighted by molar-refractivity contribution is 7.92. The number of thiazole rings is 1. The molecule has 0 spiro atoms. The van der Waals surface area contributed by atoms with Crippen molar-refractivity contribution in [3.05, 3.63) is 23.3 Å². The number of carboxylic acids is 1. The zero-order valence-corrected chi connectivity index (χ0v) is 11.4. The summed E-state index contributed by atoms with van der Waals surface area (Å²) in [6.07, 6.45) is 1.12. The predicted octanol–water partition coefficient (Wildman–Crippen LogP) is 0.304. The summed E-state index contributed by atoms with van der Waals surface area (Å²) in [5.74, 6) is -1.02. The Morgan fingerprint density at radius 2 is 2.32 bits per heavy atom. The van der Waals surface area contributed by atoms with E-state index in [0.29, 0.717) is 5.69 Å². The van der Waals surface area contributed by atoms with Crippen molar-refractivity contribution in [2.24, 2.45) is 7.05 Å². The van der Waals surface area contributed by atoms with Crippen molar-refractivity contribution < 1.29 is 18.3 Å². The summed E-state index contributed by atoms with van der Waals surface area (Å²) in [6, 6.07) is 1.36. The third kappa shape index (κ3) is 3.09. The van der Waals surface area contributed by atoms with Crippen LogP contribution in [0.15, 0.2) is 22.7 Å². The van der Waals surface area contributed by atoms with Gasteiger partial charge in [0.05, 0.1) is 18.3 Å². The molecule has 0 radical (unpaired) electrons. The van der Waals surface area contributed by atoms with Gasteiger partial charge in [-0.25, -0.2) is 4.98 Å². The van der Waals surface area contributed by atoms with Gasteiger partial charge < -0.3 is 5.11 Å². The smallest absolute Gasteiger partial charge is 0.309 e. The van der Waals surface area contributed by atoms with Crippen LogP contribution < -0.4 is 4.72 Å². The van der Waals surface area contributed by atoms with Crippen molar-refractivity contribution in [1.82, 2.24) is 14.8 Å². The highest BCUT2D eigenvalue weighted by atomic mass is 32.2. The molecule has 10 heteroatoms. The molecule has 0 aromatic carbocycles. The number of anilines is 1. The van der Waals surface area contributed by atoms with Gasteiger partial charge in [0.25, 0.3) is 10.0 Å². The Labute approximate surface area is 112 Å². The van der Waals surface area contributed by atoms with Crippen LogP contribution in [0.4, 0.5) is 5.13 Å². The Hall–Kier alpha value is -1.94. The van der Waals surface area contributed by atoms with Crippen molar-refractivity contribution in [2.45, 2.75) is 11.4 Å². The number of sulfonamides is 1. The first-order valence-corrected chi connectivity index (χ1v) is 7.42. The van der Waals surface area contributed by atoms with E-state index in [-0.39, 0.29) is 16.6 Å². The Morgan fingerprint density at radius 3 is 2.89 bits per heavy atom. The van der Waals surface area contributed by atoms with Gasteiger partial charge in [-0.05, 0) is 6.07 Å². The predicted molar refractivity (Wildman–Crippen MR) is 67.5 cm³/mol. The van der Waals surface area contributed by atoms with Crippen LogP contribution in [0, 0.1) is 0 Å². The molecule has 0 amide bonds. The van der Waals surface area contributed by atoms with Crippen LogP contribution >= 0.6 is 11.3 Å². The Morgan fingerprint density at radius 1 is 1.58 bits per heavy atom. The maximum atomic E-state index is 12.0. The van der Waals surface area contributed by atoms with Crippen LogP contribution in [0.25, 0.3) is 0 Å². The number of carbonyl (C=O) groups is 1. The second-order valence-electron chi connectivity index (χ2n) is 3.61. The lowest BCUT2D eigenvalue weighted by molar-refractivity contribution is -0.136.